The summed E-state index contributed by atoms with van der Waals surface area (Å²) in [6.45, 7) is 0.536. The number of aryl methyl sites for hydroxylation is 1. The van der Waals surface area contributed by atoms with Crippen LogP contribution in [0.15, 0.2) is 29.3 Å². The molecule has 8 heteroatoms. The molecule has 0 aliphatic carbocycles. The van der Waals surface area contributed by atoms with Crippen molar-refractivity contribution in [3.63, 3.8) is 0 Å². The normalized spacial score (nSPS) is 10.6. The first kappa shape index (κ1) is 14.2. The van der Waals surface area contributed by atoms with Crippen LogP contribution in [0, 0.1) is 0 Å². The van der Waals surface area contributed by atoms with E-state index in [9.17, 15) is 4.79 Å². The number of carbonyl (C=O) groups is 1. The van der Waals surface area contributed by atoms with E-state index in [4.69, 9.17) is 28.3 Å². The molecule has 0 aliphatic heterocycles. The molecule has 2 rings (SSSR count). The number of aromatic nitrogens is 3. The van der Waals surface area contributed by atoms with Crippen molar-refractivity contribution >= 4 is 40.9 Å². The fourth-order valence-corrected chi connectivity index (χ4v) is 2.78. The monoisotopic (exact) mass is 317 g/mol. The van der Waals surface area contributed by atoms with Crippen molar-refractivity contribution in [2.75, 3.05) is 5.75 Å². The highest BCUT2D eigenvalue weighted by atomic mass is 35.5. The van der Waals surface area contributed by atoms with E-state index in [1.54, 1.807) is 18.2 Å². The molecular formula is C11H9Cl2N3O2S. The molecule has 0 aliphatic rings. The van der Waals surface area contributed by atoms with Gasteiger partial charge < -0.3 is 5.11 Å². The molecule has 5 nitrogen and oxygen atoms in total. The maximum Gasteiger partial charge on any atom is 0.358 e. The van der Waals surface area contributed by atoms with E-state index in [-0.39, 0.29) is 5.69 Å². The van der Waals surface area contributed by atoms with Crippen molar-refractivity contribution in [3.05, 3.63) is 40.1 Å². The molecule has 0 atom stereocenters. The Balaban J connectivity index is 1.92. The smallest absolute Gasteiger partial charge is 0.358 e. The topological polar surface area (TPSA) is 68.0 Å². The summed E-state index contributed by atoms with van der Waals surface area (Å²) in [7, 11) is 0. The summed E-state index contributed by atoms with van der Waals surface area (Å²) in [5.74, 6) is -0.403. The largest absolute Gasteiger partial charge is 0.476 e. The van der Waals surface area contributed by atoms with Crippen LogP contribution >= 0.6 is 35.0 Å². The Bertz CT molecular complexity index is 603. The van der Waals surface area contributed by atoms with Gasteiger partial charge >= 0.3 is 5.97 Å². The molecule has 19 heavy (non-hydrogen) atoms. The van der Waals surface area contributed by atoms with E-state index < -0.39 is 5.97 Å². The Hall–Kier alpha value is -1.24. The van der Waals surface area contributed by atoms with Gasteiger partial charge in [-0.05, 0) is 18.2 Å². The molecule has 0 spiro atoms. The number of hydrogen-bond donors (Lipinski definition) is 1. The van der Waals surface area contributed by atoms with Gasteiger partial charge in [-0.3, -0.25) is 4.68 Å². The zero-order valence-electron chi connectivity index (χ0n) is 9.58. The van der Waals surface area contributed by atoms with E-state index in [0.717, 1.165) is 4.90 Å². The van der Waals surface area contributed by atoms with Gasteiger partial charge in [-0.2, -0.15) is 0 Å². The van der Waals surface area contributed by atoms with Crippen LogP contribution in [0.2, 0.25) is 10.0 Å². The quantitative estimate of drug-likeness (QED) is 0.858. The number of thioether (sulfide) groups is 1. The zero-order valence-corrected chi connectivity index (χ0v) is 11.9. The number of aromatic carboxylic acids is 1. The first-order valence-electron chi connectivity index (χ1n) is 5.27. The fourth-order valence-electron chi connectivity index (χ4n) is 1.34. The van der Waals surface area contributed by atoms with Gasteiger partial charge in [-0.1, -0.05) is 28.4 Å². The summed E-state index contributed by atoms with van der Waals surface area (Å²) < 4.78 is 1.48. The van der Waals surface area contributed by atoms with Crippen LogP contribution in [-0.4, -0.2) is 31.8 Å². The lowest BCUT2D eigenvalue weighted by atomic mass is 10.4. The molecule has 0 radical (unpaired) electrons. The number of nitrogens with zero attached hydrogens (tertiary/aromatic N) is 3. The molecule has 100 valence electrons. The predicted molar refractivity (Wildman–Crippen MR) is 74.2 cm³/mol. The average molecular weight is 318 g/mol. The number of hydrogen-bond acceptors (Lipinski definition) is 4. The minimum Gasteiger partial charge on any atom is -0.476 e. The van der Waals surface area contributed by atoms with Crippen LogP contribution in [0.3, 0.4) is 0 Å². The minimum atomic E-state index is -1.09. The minimum absolute atomic E-state index is 0.0641. The van der Waals surface area contributed by atoms with E-state index in [0.29, 0.717) is 22.3 Å². The van der Waals surface area contributed by atoms with Crippen LogP contribution in [0.1, 0.15) is 10.5 Å². The summed E-state index contributed by atoms with van der Waals surface area (Å²) in [6.07, 6.45) is 1.39. The summed E-state index contributed by atoms with van der Waals surface area (Å²) in [4.78, 5) is 11.5. The van der Waals surface area contributed by atoms with Crippen molar-refractivity contribution in [1.29, 1.82) is 0 Å². The van der Waals surface area contributed by atoms with Gasteiger partial charge in [0.15, 0.2) is 5.69 Å². The Morgan fingerprint density at radius 3 is 2.89 bits per heavy atom. The van der Waals surface area contributed by atoms with Crippen LogP contribution < -0.4 is 0 Å². The van der Waals surface area contributed by atoms with Crippen LogP contribution in [-0.2, 0) is 6.54 Å². The first-order chi connectivity index (χ1) is 9.06. The van der Waals surface area contributed by atoms with Gasteiger partial charge in [-0.15, -0.1) is 16.9 Å². The lowest BCUT2D eigenvalue weighted by Gasteiger charge is -2.04. The highest BCUT2D eigenvalue weighted by molar-refractivity contribution is 7.99. The van der Waals surface area contributed by atoms with Gasteiger partial charge in [0.25, 0.3) is 0 Å². The average Bonchev–Trinajstić information content (AvgIpc) is 2.82. The Labute approximate surface area is 123 Å². The maximum atomic E-state index is 10.6. The van der Waals surface area contributed by atoms with Crippen molar-refractivity contribution in [1.82, 2.24) is 15.0 Å². The van der Waals surface area contributed by atoms with Gasteiger partial charge in [0.05, 0.1) is 17.8 Å². The molecule has 1 heterocycles. The lowest BCUT2D eigenvalue weighted by molar-refractivity contribution is 0.0690. The summed E-state index contributed by atoms with van der Waals surface area (Å²) >= 11 is 13.4. The Morgan fingerprint density at radius 1 is 1.42 bits per heavy atom. The van der Waals surface area contributed by atoms with Crippen molar-refractivity contribution in [2.24, 2.45) is 0 Å². The number of carboxylic acid groups (broad SMARTS) is 1. The molecule has 0 fully saturated rings. The van der Waals surface area contributed by atoms with Gasteiger partial charge in [0.1, 0.15) is 0 Å². The maximum absolute atomic E-state index is 10.6. The Morgan fingerprint density at radius 2 is 2.21 bits per heavy atom. The predicted octanol–water partition coefficient (Wildman–Crippen LogP) is 3.08. The molecule has 0 bridgehead atoms. The summed E-state index contributed by atoms with van der Waals surface area (Å²) in [5.41, 5.74) is -0.0641. The first-order valence-corrected chi connectivity index (χ1v) is 7.01. The van der Waals surface area contributed by atoms with E-state index in [1.165, 1.54) is 22.6 Å². The molecule has 1 N–H and O–H groups in total. The molecule has 1 aromatic heterocycles. The highest BCUT2D eigenvalue weighted by Crippen LogP contribution is 2.29. The van der Waals surface area contributed by atoms with Gasteiger partial charge in [0.2, 0.25) is 0 Å². The lowest BCUT2D eigenvalue weighted by Crippen LogP contribution is -2.01. The number of rotatable bonds is 5. The second-order valence-electron chi connectivity index (χ2n) is 3.60. The Kier molecular flexibility index (Phi) is 4.68. The van der Waals surface area contributed by atoms with E-state index in [2.05, 4.69) is 10.3 Å². The van der Waals surface area contributed by atoms with Crippen LogP contribution in [0.25, 0.3) is 0 Å². The highest BCUT2D eigenvalue weighted by Gasteiger charge is 2.08. The summed E-state index contributed by atoms with van der Waals surface area (Å²) in [5, 5.41) is 17.2. The number of halogens is 2. The third-order valence-corrected chi connectivity index (χ3v) is 3.94. The molecule has 1 aromatic carbocycles. The molecule has 2 aromatic rings. The molecule has 0 unspecified atom stereocenters. The fraction of sp³-hybridized carbons (Fsp3) is 0.182. The van der Waals surface area contributed by atoms with Crippen molar-refractivity contribution in [3.8, 4) is 0 Å². The third-order valence-electron chi connectivity index (χ3n) is 2.23. The number of benzene rings is 1. The van der Waals surface area contributed by atoms with Crippen LogP contribution in [0.4, 0.5) is 0 Å². The van der Waals surface area contributed by atoms with Gasteiger partial charge in [0, 0.05) is 15.7 Å². The van der Waals surface area contributed by atoms with Gasteiger partial charge in [-0.25, -0.2) is 4.79 Å². The van der Waals surface area contributed by atoms with E-state index >= 15 is 0 Å². The number of carboxylic acids is 1. The second kappa shape index (κ2) is 6.27. The third kappa shape index (κ3) is 3.86. The zero-order chi connectivity index (χ0) is 13.8. The molecule has 0 saturated heterocycles. The summed E-state index contributed by atoms with van der Waals surface area (Å²) in [6, 6.07) is 5.26. The molecule has 0 amide bonds. The van der Waals surface area contributed by atoms with Crippen molar-refractivity contribution < 1.29 is 9.90 Å². The SMILES string of the molecule is O=C(O)c1cn(CCSc2cc(Cl)ccc2Cl)nn1. The van der Waals surface area contributed by atoms with Crippen LogP contribution in [0.5, 0.6) is 0 Å². The second-order valence-corrected chi connectivity index (χ2v) is 5.58. The standard InChI is InChI=1S/C11H9Cl2N3O2S/c12-7-1-2-8(13)10(5-7)19-4-3-16-6-9(11(17)18)14-15-16/h1-2,5-6H,3-4H2,(H,17,18). The molecule has 0 saturated carbocycles. The van der Waals surface area contributed by atoms with E-state index in [1.807, 2.05) is 0 Å². The molecular weight excluding hydrogens is 309 g/mol. The van der Waals surface area contributed by atoms with Crippen molar-refractivity contribution in [2.45, 2.75) is 11.4 Å².